The second-order valence-corrected chi connectivity index (χ2v) is 7.86. The van der Waals surface area contributed by atoms with Gasteiger partial charge in [0.15, 0.2) is 0 Å². The molecule has 1 spiro atoms. The van der Waals surface area contributed by atoms with Crippen LogP contribution < -0.4 is 15.5 Å². The number of para-hydroxylation sites is 1. The van der Waals surface area contributed by atoms with Crippen molar-refractivity contribution in [3.63, 3.8) is 0 Å². The van der Waals surface area contributed by atoms with Crippen molar-refractivity contribution in [2.75, 3.05) is 31.6 Å². The number of carbonyl (C=O) groups excluding carboxylic acids is 3. The largest absolute Gasteiger partial charge is 0.373 e. The Balaban J connectivity index is 1.47. The highest BCUT2D eigenvalue weighted by molar-refractivity contribution is 6.09. The van der Waals surface area contributed by atoms with Crippen molar-refractivity contribution < 1.29 is 14.4 Å². The van der Waals surface area contributed by atoms with Crippen molar-refractivity contribution in [3.8, 4) is 0 Å². The van der Waals surface area contributed by atoms with Gasteiger partial charge in [0.2, 0.25) is 5.91 Å². The van der Waals surface area contributed by atoms with Crippen molar-refractivity contribution in [2.24, 2.45) is 5.92 Å². The SMILES string of the molecule is CCC1CCC2(CC1)NC(=O)N(CC(=O)NCCN(C)c1ccccc1)C2=O. The van der Waals surface area contributed by atoms with Crippen LogP contribution in [0.3, 0.4) is 0 Å². The van der Waals surface area contributed by atoms with E-state index in [1.165, 1.54) is 0 Å². The Morgan fingerprint density at radius 1 is 1.25 bits per heavy atom. The normalized spacial score (nSPS) is 24.4. The third-order valence-corrected chi connectivity index (χ3v) is 6.05. The highest BCUT2D eigenvalue weighted by Crippen LogP contribution is 2.37. The lowest BCUT2D eigenvalue weighted by Gasteiger charge is -2.34. The number of hydrogen-bond donors (Lipinski definition) is 2. The average molecular weight is 386 g/mol. The summed E-state index contributed by atoms with van der Waals surface area (Å²) in [6.45, 7) is 3.01. The van der Waals surface area contributed by atoms with Gasteiger partial charge in [-0.15, -0.1) is 0 Å². The molecule has 2 fully saturated rings. The maximum atomic E-state index is 12.8. The maximum absolute atomic E-state index is 12.8. The van der Waals surface area contributed by atoms with E-state index in [0.717, 1.165) is 29.8 Å². The van der Waals surface area contributed by atoms with Crippen molar-refractivity contribution in [2.45, 2.75) is 44.6 Å². The summed E-state index contributed by atoms with van der Waals surface area (Å²) in [5, 5.41) is 5.67. The molecule has 0 aromatic heterocycles. The van der Waals surface area contributed by atoms with Crippen molar-refractivity contribution >= 4 is 23.5 Å². The fourth-order valence-corrected chi connectivity index (χ4v) is 4.11. The smallest absolute Gasteiger partial charge is 0.325 e. The molecule has 0 unspecified atom stereocenters. The molecule has 0 radical (unpaired) electrons. The third-order valence-electron chi connectivity index (χ3n) is 6.05. The number of urea groups is 1. The van der Waals surface area contributed by atoms with Crippen LogP contribution in [-0.2, 0) is 9.59 Å². The van der Waals surface area contributed by atoms with Gasteiger partial charge >= 0.3 is 6.03 Å². The summed E-state index contributed by atoms with van der Waals surface area (Å²) in [6.07, 6.45) is 4.30. The van der Waals surface area contributed by atoms with Gasteiger partial charge in [-0.2, -0.15) is 0 Å². The zero-order chi connectivity index (χ0) is 20.1. The molecule has 152 valence electrons. The lowest BCUT2D eigenvalue weighted by Crippen LogP contribution is -2.50. The van der Waals surface area contributed by atoms with E-state index < -0.39 is 11.6 Å². The van der Waals surface area contributed by atoms with Crippen molar-refractivity contribution in [3.05, 3.63) is 30.3 Å². The average Bonchev–Trinajstić information content (AvgIpc) is 2.93. The summed E-state index contributed by atoms with van der Waals surface area (Å²) >= 11 is 0. The minimum Gasteiger partial charge on any atom is -0.373 e. The van der Waals surface area contributed by atoms with Gasteiger partial charge in [0.25, 0.3) is 5.91 Å². The van der Waals surface area contributed by atoms with Crippen LogP contribution >= 0.6 is 0 Å². The van der Waals surface area contributed by atoms with Gasteiger partial charge in [0.05, 0.1) is 0 Å². The van der Waals surface area contributed by atoms with Crippen LogP contribution in [0, 0.1) is 5.92 Å². The summed E-state index contributed by atoms with van der Waals surface area (Å²) in [4.78, 5) is 40.5. The van der Waals surface area contributed by atoms with E-state index >= 15 is 0 Å². The number of imide groups is 1. The first kappa shape index (κ1) is 20.2. The quantitative estimate of drug-likeness (QED) is 0.704. The first-order chi connectivity index (χ1) is 13.4. The Morgan fingerprint density at radius 3 is 2.57 bits per heavy atom. The molecule has 2 N–H and O–H groups in total. The molecule has 1 aromatic rings. The molecule has 3 rings (SSSR count). The minimum atomic E-state index is -0.795. The van der Waals surface area contributed by atoms with Crippen LogP contribution in [0.5, 0.6) is 0 Å². The number of benzene rings is 1. The number of nitrogens with zero attached hydrogens (tertiary/aromatic N) is 2. The van der Waals surface area contributed by atoms with E-state index in [1.807, 2.05) is 42.3 Å². The van der Waals surface area contributed by atoms with Crippen molar-refractivity contribution in [1.29, 1.82) is 0 Å². The monoisotopic (exact) mass is 386 g/mol. The molecule has 1 aromatic carbocycles. The van der Waals surface area contributed by atoms with E-state index in [1.54, 1.807) is 0 Å². The molecular formula is C21H30N4O3. The zero-order valence-electron chi connectivity index (χ0n) is 16.7. The van der Waals surface area contributed by atoms with Crippen LogP contribution in [0.15, 0.2) is 30.3 Å². The zero-order valence-corrected chi connectivity index (χ0v) is 16.7. The standard InChI is InChI=1S/C21H30N4O3/c1-3-16-9-11-21(12-10-16)19(27)25(20(28)23-21)15-18(26)22-13-14-24(2)17-7-5-4-6-8-17/h4-8,16H,3,9-15H2,1-2H3,(H,22,26)(H,23,28). The van der Waals surface area contributed by atoms with Crippen LogP contribution in [0.2, 0.25) is 0 Å². The number of nitrogens with one attached hydrogen (secondary N) is 2. The number of hydrogen-bond acceptors (Lipinski definition) is 4. The fraction of sp³-hybridized carbons (Fsp3) is 0.571. The van der Waals surface area contributed by atoms with Crippen LogP contribution in [0.1, 0.15) is 39.0 Å². The summed E-state index contributed by atoms with van der Waals surface area (Å²) in [5.74, 6) is 0.0575. The van der Waals surface area contributed by atoms with Gasteiger partial charge in [-0.05, 0) is 43.7 Å². The number of amides is 4. The maximum Gasteiger partial charge on any atom is 0.325 e. The predicted octanol–water partition coefficient (Wildman–Crippen LogP) is 2.13. The molecule has 28 heavy (non-hydrogen) atoms. The molecule has 1 saturated heterocycles. The van der Waals surface area contributed by atoms with Gasteiger partial charge in [-0.1, -0.05) is 31.5 Å². The van der Waals surface area contributed by atoms with E-state index in [-0.39, 0.29) is 18.4 Å². The topological polar surface area (TPSA) is 81.8 Å². The molecule has 0 atom stereocenters. The van der Waals surface area contributed by atoms with E-state index in [4.69, 9.17) is 0 Å². The van der Waals surface area contributed by atoms with Crippen LogP contribution in [0.4, 0.5) is 10.5 Å². The number of likely N-dealkylation sites (N-methyl/N-ethyl adjacent to an activating group) is 1. The Hall–Kier alpha value is -2.57. The molecule has 1 saturated carbocycles. The van der Waals surface area contributed by atoms with Gasteiger partial charge < -0.3 is 15.5 Å². The molecule has 2 aliphatic rings. The van der Waals surface area contributed by atoms with Crippen molar-refractivity contribution in [1.82, 2.24) is 15.5 Å². The molecule has 1 heterocycles. The van der Waals surface area contributed by atoms with E-state index in [0.29, 0.717) is 31.8 Å². The fourth-order valence-electron chi connectivity index (χ4n) is 4.11. The number of rotatable bonds is 7. The molecule has 1 aliphatic carbocycles. The lowest BCUT2D eigenvalue weighted by atomic mass is 9.75. The van der Waals surface area contributed by atoms with Crippen LogP contribution in [-0.4, -0.2) is 55.0 Å². The summed E-state index contributed by atoms with van der Waals surface area (Å²) in [7, 11) is 1.95. The predicted molar refractivity (Wildman–Crippen MR) is 108 cm³/mol. The second kappa shape index (κ2) is 8.63. The highest BCUT2D eigenvalue weighted by atomic mass is 16.2. The molecule has 1 aliphatic heterocycles. The van der Waals surface area contributed by atoms with Gasteiger partial charge in [0.1, 0.15) is 12.1 Å². The Morgan fingerprint density at radius 2 is 1.93 bits per heavy atom. The summed E-state index contributed by atoms with van der Waals surface area (Å²) < 4.78 is 0. The highest BCUT2D eigenvalue weighted by Gasteiger charge is 2.52. The van der Waals surface area contributed by atoms with E-state index in [9.17, 15) is 14.4 Å². The van der Waals surface area contributed by atoms with Gasteiger partial charge in [0, 0.05) is 25.8 Å². The van der Waals surface area contributed by atoms with E-state index in [2.05, 4.69) is 17.6 Å². The molecule has 7 heteroatoms. The first-order valence-corrected chi connectivity index (χ1v) is 10.1. The molecular weight excluding hydrogens is 356 g/mol. The Labute approximate surface area is 166 Å². The number of anilines is 1. The van der Waals surface area contributed by atoms with Crippen LogP contribution in [0.25, 0.3) is 0 Å². The summed E-state index contributed by atoms with van der Waals surface area (Å²) in [5.41, 5.74) is 0.270. The molecule has 4 amide bonds. The van der Waals surface area contributed by atoms with Gasteiger partial charge in [-0.3, -0.25) is 14.5 Å². The van der Waals surface area contributed by atoms with Gasteiger partial charge in [-0.25, -0.2) is 4.79 Å². The minimum absolute atomic E-state index is 0.224. The first-order valence-electron chi connectivity index (χ1n) is 10.1. The Kier molecular flexibility index (Phi) is 6.21. The summed E-state index contributed by atoms with van der Waals surface area (Å²) in [6, 6.07) is 9.44. The number of carbonyl (C=O) groups is 3. The lowest BCUT2D eigenvalue weighted by molar-refractivity contribution is -0.136. The molecule has 0 bridgehead atoms. The molecule has 7 nitrogen and oxygen atoms in total. The third kappa shape index (κ3) is 4.29. The second-order valence-electron chi connectivity index (χ2n) is 7.86. The Bertz CT molecular complexity index is 714.